The first-order valence-corrected chi connectivity index (χ1v) is 7.09. The minimum atomic E-state index is 0.0335. The number of amides is 1. The summed E-state index contributed by atoms with van der Waals surface area (Å²) < 4.78 is 5.62. The molecule has 0 bridgehead atoms. The zero-order valence-corrected chi connectivity index (χ0v) is 11.1. The number of ether oxygens (including phenoxy) is 1. The van der Waals surface area contributed by atoms with Crippen LogP contribution in [0.2, 0.25) is 0 Å². The van der Waals surface area contributed by atoms with Crippen LogP contribution in [0.15, 0.2) is 18.3 Å². The second-order valence-corrected chi connectivity index (χ2v) is 5.27. The molecule has 5 nitrogen and oxygen atoms in total. The second kappa shape index (κ2) is 5.75. The van der Waals surface area contributed by atoms with Gasteiger partial charge in [-0.15, -0.1) is 0 Å². The molecule has 3 heterocycles. The fourth-order valence-corrected chi connectivity index (χ4v) is 3.00. The molecule has 2 N–H and O–H groups in total. The van der Waals surface area contributed by atoms with Crippen LogP contribution in [0.25, 0.3) is 0 Å². The Balaban J connectivity index is 1.62. The third-order valence-corrected chi connectivity index (χ3v) is 3.96. The molecule has 2 aliphatic rings. The van der Waals surface area contributed by atoms with Crippen molar-refractivity contribution in [1.82, 2.24) is 15.2 Å². The first-order valence-electron chi connectivity index (χ1n) is 7.09. The summed E-state index contributed by atoms with van der Waals surface area (Å²) in [5.41, 5.74) is 1.15. The summed E-state index contributed by atoms with van der Waals surface area (Å²) in [7, 11) is 0. The molecule has 0 aliphatic carbocycles. The van der Waals surface area contributed by atoms with Gasteiger partial charge < -0.3 is 19.9 Å². The van der Waals surface area contributed by atoms with Crippen LogP contribution in [0, 0.1) is 0 Å². The van der Waals surface area contributed by atoms with Crippen molar-refractivity contribution in [3.8, 4) is 0 Å². The molecule has 0 radical (unpaired) electrons. The van der Waals surface area contributed by atoms with E-state index in [1.807, 2.05) is 17.2 Å². The van der Waals surface area contributed by atoms with Crippen molar-refractivity contribution in [1.29, 1.82) is 0 Å². The maximum absolute atomic E-state index is 12.4. The fraction of sp³-hybridized carbons (Fsp3) is 0.643. The van der Waals surface area contributed by atoms with E-state index in [9.17, 15) is 4.79 Å². The molecule has 0 saturated carbocycles. The third-order valence-electron chi connectivity index (χ3n) is 3.96. The van der Waals surface area contributed by atoms with E-state index in [2.05, 4.69) is 16.4 Å². The lowest BCUT2D eigenvalue weighted by molar-refractivity contribution is -0.135. The topological polar surface area (TPSA) is 57.4 Å². The van der Waals surface area contributed by atoms with Crippen molar-refractivity contribution in [3.05, 3.63) is 24.0 Å². The number of nitrogens with one attached hydrogen (secondary N) is 2. The van der Waals surface area contributed by atoms with E-state index in [0.717, 1.165) is 38.2 Å². The highest BCUT2D eigenvalue weighted by molar-refractivity contribution is 5.77. The zero-order chi connectivity index (χ0) is 13.1. The van der Waals surface area contributed by atoms with Gasteiger partial charge in [-0.2, -0.15) is 0 Å². The Morgan fingerprint density at radius 2 is 2.47 bits per heavy atom. The molecule has 0 spiro atoms. The SMILES string of the molecule is O=C(CC1CNCCO1)N1CCCC1c1ccc[nH]1. The molecule has 19 heavy (non-hydrogen) atoms. The number of morpholine rings is 1. The number of aromatic amines is 1. The van der Waals surface area contributed by atoms with Crippen molar-refractivity contribution < 1.29 is 9.53 Å². The molecule has 2 atom stereocenters. The van der Waals surface area contributed by atoms with Crippen LogP contribution in [0.3, 0.4) is 0 Å². The standard InChI is InChI=1S/C14H21N3O2/c18-14(9-11-10-15-6-8-19-11)17-7-2-4-13(17)12-3-1-5-16-12/h1,3,5,11,13,15-16H,2,4,6-10H2. The third kappa shape index (κ3) is 2.82. The highest BCUT2D eigenvalue weighted by Gasteiger charge is 2.31. The van der Waals surface area contributed by atoms with E-state index in [4.69, 9.17) is 4.74 Å². The largest absolute Gasteiger partial charge is 0.375 e. The number of likely N-dealkylation sites (tertiary alicyclic amines) is 1. The predicted molar refractivity (Wildman–Crippen MR) is 71.7 cm³/mol. The molecule has 5 heteroatoms. The van der Waals surface area contributed by atoms with Crippen molar-refractivity contribution in [2.24, 2.45) is 0 Å². The van der Waals surface area contributed by atoms with E-state index in [1.165, 1.54) is 0 Å². The molecule has 3 rings (SSSR count). The summed E-state index contributed by atoms with van der Waals surface area (Å²) in [4.78, 5) is 17.7. The Hall–Kier alpha value is -1.33. The van der Waals surface area contributed by atoms with Crippen LogP contribution < -0.4 is 5.32 Å². The van der Waals surface area contributed by atoms with Crippen molar-refractivity contribution >= 4 is 5.91 Å². The molecule has 2 saturated heterocycles. The van der Waals surface area contributed by atoms with Crippen molar-refractivity contribution in [3.63, 3.8) is 0 Å². The molecule has 1 aromatic heterocycles. The number of hydrogen-bond acceptors (Lipinski definition) is 3. The van der Waals surface area contributed by atoms with Crippen LogP contribution in [0.5, 0.6) is 0 Å². The summed E-state index contributed by atoms with van der Waals surface area (Å²) in [5, 5.41) is 3.27. The smallest absolute Gasteiger partial charge is 0.225 e. The number of carbonyl (C=O) groups is 1. The van der Waals surface area contributed by atoms with E-state index in [-0.39, 0.29) is 18.1 Å². The summed E-state index contributed by atoms with van der Waals surface area (Å²) in [6.45, 7) is 3.24. The summed E-state index contributed by atoms with van der Waals surface area (Å²) in [6, 6.07) is 4.28. The van der Waals surface area contributed by atoms with Gasteiger partial charge in [0.15, 0.2) is 0 Å². The van der Waals surface area contributed by atoms with Crippen LogP contribution in [-0.2, 0) is 9.53 Å². The molecule has 1 aromatic rings. The minimum absolute atomic E-state index is 0.0335. The highest BCUT2D eigenvalue weighted by Crippen LogP contribution is 2.31. The number of H-pyrrole nitrogens is 1. The molecule has 0 aromatic carbocycles. The van der Waals surface area contributed by atoms with Crippen LogP contribution in [0.1, 0.15) is 31.0 Å². The van der Waals surface area contributed by atoms with Gasteiger partial charge in [0.1, 0.15) is 0 Å². The van der Waals surface area contributed by atoms with Crippen LogP contribution in [0.4, 0.5) is 0 Å². The molecule has 2 aliphatic heterocycles. The summed E-state index contributed by atoms with van der Waals surface area (Å²) in [5.74, 6) is 0.214. The molecule has 2 unspecified atom stereocenters. The number of aromatic nitrogens is 1. The molecule has 2 fully saturated rings. The van der Waals surface area contributed by atoms with E-state index < -0.39 is 0 Å². The maximum Gasteiger partial charge on any atom is 0.225 e. The van der Waals surface area contributed by atoms with Gasteiger partial charge in [0.05, 0.1) is 25.2 Å². The Morgan fingerprint density at radius 3 is 3.21 bits per heavy atom. The average molecular weight is 263 g/mol. The van der Waals surface area contributed by atoms with Gasteiger partial charge in [-0.1, -0.05) is 0 Å². The number of nitrogens with zero attached hydrogens (tertiary/aromatic N) is 1. The number of rotatable bonds is 3. The van der Waals surface area contributed by atoms with Gasteiger partial charge in [-0.3, -0.25) is 4.79 Å². The van der Waals surface area contributed by atoms with Gasteiger partial charge in [-0.25, -0.2) is 0 Å². The fourth-order valence-electron chi connectivity index (χ4n) is 3.00. The lowest BCUT2D eigenvalue weighted by Gasteiger charge is -2.28. The monoisotopic (exact) mass is 263 g/mol. The lowest BCUT2D eigenvalue weighted by atomic mass is 10.1. The average Bonchev–Trinajstić information content (AvgIpc) is 3.10. The second-order valence-electron chi connectivity index (χ2n) is 5.27. The van der Waals surface area contributed by atoms with E-state index in [0.29, 0.717) is 13.0 Å². The number of carbonyl (C=O) groups excluding carboxylic acids is 1. The van der Waals surface area contributed by atoms with Gasteiger partial charge in [0.25, 0.3) is 0 Å². The molecule has 1 amide bonds. The van der Waals surface area contributed by atoms with Gasteiger partial charge in [0, 0.05) is 31.5 Å². The van der Waals surface area contributed by atoms with Gasteiger partial charge >= 0.3 is 0 Å². The van der Waals surface area contributed by atoms with Gasteiger partial charge in [0.2, 0.25) is 5.91 Å². The van der Waals surface area contributed by atoms with Gasteiger partial charge in [-0.05, 0) is 25.0 Å². The zero-order valence-electron chi connectivity index (χ0n) is 11.1. The Morgan fingerprint density at radius 1 is 1.53 bits per heavy atom. The lowest BCUT2D eigenvalue weighted by Crippen LogP contribution is -2.42. The first-order chi connectivity index (χ1) is 9.34. The summed E-state index contributed by atoms with van der Waals surface area (Å²) in [6.07, 6.45) is 4.58. The summed E-state index contributed by atoms with van der Waals surface area (Å²) >= 11 is 0. The normalized spacial score (nSPS) is 27.7. The Kier molecular flexibility index (Phi) is 3.84. The molecular weight excluding hydrogens is 242 g/mol. The van der Waals surface area contributed by atoms with E-state index in [1.54, 1.807) is 0 Å². The van der Waals surface area contributed by atoms with Crippen molar-refractivity contribution in [2.75, 3.05) is 26.2 Å². The predicted octanol–water partition coefficient (Wildman–Crippen LogP) is 1.06. The Labute approximate surface area is 113 Å². The molecule has 104 valence electrons. The first kappa shape index (κ1) is 12.7. The highest BCUT2D eigenvalue weighted by atomic mass is 16.5. The van der Waals surface area contributed by atoms with E-state index >= 15 is 0 Å². The number of hydrogen-bond donors (Lipinski definition) is 2. The van der Waals surface area contributed by atoms with Crippen LogP contribution in [-0.4, -0.2) is 48.1 Å². The van der Waals surface area contributed by atoms with Crippen LogP contribution >= 0.6 is 0 Å². The quantitative estimate of drug-likeness (QED) is 0.857. The van der Waals surface area contributed by atoms with Crippen molar-refractivity contribution in [2.45, 2.75) is 31.4 Å². The minimum Gasteiger partial charge on any atom is -0.375 e. The molecular formula is C14H21N3O2. The Bertz CT molecular complexity index is 412. The maximum atomic E-state index is 12.4.